The Morgan fingerprint density at radius 1 is 1.53 bits per heavy atom. The summed E-state index contributed by atoms with van der Waals surface area (Å²) < 4.78 is 5.46. The van der Waals surface area contributed by atoms with Gasteiger partial charge in [0.15, 0.2) is 5.78 Å². The summed E-state index contributed by atoms with van der Waals surface area (Å²) in [5.74, 6) is 0.156. The zero-order valence-corrected chi connectivity index (χ0v) is 9.06. The van der Waals surface area contributed by atoms with Crippen LogP contribution in [0.2, 0.25) is 0 Å². The van der Waals surface area contributed by atoms with Gasteiger partial charge in [-0.25, -0.2) is 0 Å². The Morgan fingerprint density at radius 2 is 2.33 bits per heavy atom. The fourth-order valence-corrected chi connectivity index (χ4v) is 1.87. The summed E-state index contributed by atoms with van der Waals surface area (Å²) in [7, 11) is 0. The normalized spacial score (nSPS) is 24.4. The number of nitrogens with zero attached hydrogens (tertiary/aromatic N) is 1. The largest absolute Gasteiger partial charge is 0.367 e. The number of ketones is 1. The van der Waals surface area contributed by atoms with E-state index in [1.807, 2.05) is 32.0 Å². The van der Waals surface area contributed by atoms with Crippen LogP contribution in [0.3, 0.4) is 0 Å². The molecule has 3 heteroatoms. The lowest BCUT2D eigenvalue weighted by Crippen LogP contribution is -2.30. The van der Waals surface area contributed by atoms with Gasteiger partial charge >= 0.3 is 0 Å². The van der Waals surface area contributed by atoms with Crippen molar-refractivity contribution < 1.29 is 9.53 Å². The van der Waals surface area contributed by atoms with Gasteiger partial charge in [-0.3, -0.25) is 9.78 Å². The average Bonchev–Trinajstić information content (AvgIpc) is 2.47. The Morgan fingerprint density at radius 3 is 2.87 bits per heavy atom. The van der Waals surface area contributed by atoms with Crippen LogP contribution in [0, 0.1) is 5.92 Å². The van der Waals surface area contributed by atoms with E-state index in [0.717, 1.165) is 5.69 Å². The van der Waals surface area contributed by atoms with Crippen LogP contribution in [0.4, 0.5) is 0 Å². The lowest BCUT2D eigenvalue weighted by molar-refractivity contribution is -0.130. The number of aromatic nitrogens is 1. The van der Waals surface area contributed by atoms with E-state index < -0.39 is 5.60 Å². The first-order valence-electron chi connectivity index (χ1n) is 5.18. The number of hydrogen-bond acceptors (Lipinski definition) is 3. The van der Waals surface area contributed by atoms with E-state index in [1.165, 1.54) is 0 Å². The zero-order chi connectivity index (χ0) is 10.9. The fraction of sp³-hybridized carbons (Fsp3) is 0.500. The number of Topliss-reactive ketones (excluding diaryl/α,β-unsaturated/α-hetero) is 1. The first-order valence-corrected chi connectivity index (χ1v) is 5.18. The zero-order valence-electron chi connectivity index (χ0n) is 9.06. The molecule has 2 rings (SSSR count). The molecule has 0 radical (unpaired) electrons. The van der Waals surface area contributed by atoms with Crippen molar-refractivity contribution in [3.63, 3.8) is 0 Å². The summed E-state index contributed by atoms with van der Waals surface area (Å²) in [4.78, 5) is 16.1. The van der Waals surface area contributed by atoms with E-state index >= 15 is 0 Å². The van der Waals surface area contributed by atoms with Crippen LogP contribution in [0.5, 0.6) is 0 Å². The highest BCUT2D eigenvalue weighted by Gasteiger charge is 2.41. The minimum absolute atomic E-state index is 0.0325. The van der Waals surface area contributed by atoms with E-state index in [0.29, 0.717) is 13.0 Å². The molecule has 0 saturated carbocycles. The lowest BCUT2D eigenvalue weighted by Gasteiger charge is -2.14. The average molecular weight is 205 g/mol. The van der Waals surface area contributed by atoms with Crippen LogP contribution in [-0.2, 0) is 16.0 Å². The van der Waals surface area contributed by atoms with Crippen LogP contribution < -0.4 is 0 Å². The lowest BCUT2D eigenvalue weighted by atomic mass is 9.92. The van der Waals surface area contributed by atoms with Gasteiger partial charge in [-0.1, -0.05) is 6.07 Å². The molecule has 1 aliphatic heterocycles. The van der Waals surface area contributed by atoms with Gasteiger partial charge in [-0.05, 0) is 26.0 Å². The van der Waals surface area contributed by atoms with Crippen molar-refractivity contribution in [3.05, 3.63) is 30.1 Å². The minimum atomic E-state index is -0.612. The van der Waals surface area contributed by atoms with Gasteiger partial charge in [0, 0.05) is 24.2 Å². The van der Waals surface area contributed by atoms with Gasteiger partial charge in [-0.2, -0.15) is 0 Å². The Labute approximate surface area is 89.5 Å². The van der Waals surface area contributed by atoms with Crippen LogP contribution in [0.15, 0.2) is 24.4 Å². The standard InChI is InChI=1S/C12H15NO2/c1-12(2)11(14)9(8-15-12)7-10-5-3-4-6-13-10/h3-6,9H,7-8H2,1-2H3. The molecule has 0 amide bonds. The Bertz CT molecular complexity index is 359. The number of carbonyl (C=O) groups excluding carboxylic acids is 1. The molecule has 2 heterocycles. The summed E-state index contributed by atoms with van der Waals surface area (Å²) in [6.45, 7) is 4.17. The van der Waals surface area contributed by atoms with Crippen molar-refractivity contribution in [2.24, 2.45) is 5.92 Å². The SMILES string of the molecule is CC1(C)OCC(Cc2ccccn2)C1=O. The van der Waals surface area contributed by atoms with Gasteiger partial charge in [0.2, 0.25) is 0 Å². The molecule has 15 heavy (non-hydrogen) atoms. The van der Waals surface area contributed by atoms with Gasteiger partial charge < -0.3 is 4.74 Å². The molecule has 1 atom stereocenters. The van der Waals surface area contributed by atoms with Crippen molar-refractivity contribution in [3.8, 4) is 0 Å². The first-order chi connectivity index (χ1) is 7.09. The van der Waals surface area contributed by atoms with Crippen LogP contribution >= 0.6 is 0 Å². The maximum absolute atomic E-state index is 11.9. The molecule has 1 aromatic heterocycles. The number of ether oxygens (including phenoxy) is 1. The predicted molar refractivity (Wildman–Crippen MR) is 56.5 cm³/mol. The maximum Gasteiger partial charge on any atom is 0.169 e. The molecule has 0 bridgehead atoms. The third kappa shape index (κ3) is 2.07. The predicted octanol–water partition coefficient (Wildman–Crippen LogP) is 1.62. The van der Waals surface area contributed by atoms with Gasteiger partial charge in [0.05, 0.1) is 6.61 Å². The van der Waals surface area contributed by atoms with Gasteiger partial charge in [0.25, 0.3) is 0 Å². The monoisotopic (exact) mass is 205 g/mol. The van der Waals surface area contributed by atoms with Gasteiger partial charge in [0.1, 0.15) is 5.60 Å². The molecule has 0 aliphatic carbocycles. The molecular weight excluding hydrogens is 190 g/mol. The van der Waals surface area contributed by atoms with Crippen molar-refractivity contribution >= 4 is 5.78 Å². The molecule has 1 fully saturated rings. The van der Waals surface area contributed by atoms with Crippen molar-refractivity contribution in [2.45, 2.75) is 25.9 Å². The molecule has 0 N–H and O–H groups in total. The molecule has 80 valence electrons. The van der Waals surface area contributed by atoms with Crippen molar-refractivity contribution in [1.82, 2.24) is 4.98 Å². The summed E-state index contributed by atoms with van der Waals surface area (Å²) >= 11 is 0. The molecule has 0 spiro atoms. The summed E-state index contributed by atoms with van der Waals surface area (Å²) in [6.07, 6.45) is 2.43. The summed E-state index contributed by atoms with van der Waals surface area (Å²) in [5.41, 5.74) is 0.344. The Hall–Kier alpha value is -1.22. The first kappa shape index (κ1) is 10.3. The molecule has 1 saturated heterocycles. The van der Waals surface area contributed by atoms with E-state index in [4.69, 9.17) is 4.74 Å². The summed E-state index contributed by atoms with van der Waals surface area (Å²) in [6, 6.07) is 5.76. The van der Waals surface area contributed by atoms with E-state index in [1.54, 1.807) is 6.20 Å². The molecule has 1 aliphatic rings. The van der Waals surface area contributed by atoms with E-state index in [-0.39, 0.29) is 11.7 Å². The van der Waals surface area contributed by atoms with E-state index in [9.17, 15) is 4.79 Å². The third-order valence-electron chi connectivity index (χ3n) is 2.79. The molecule has 0 aromatic carbocycles. The Balaban J connectivity index is 2.06. The number of carbonyl (C=O) groups is 1. The second kappa shape index (κ2) is 3.74. The Kier molecular flexibility index (Phi) is 2.57. The topological polar surface area (TPSA) is 39.2 Å². The third-order valence-corrected chi connectivity index (χ3v) is 2.79. The molecular formula is C12H15NO2. The fourth-order valence-electron chi connectivity index (χ4n) is 1.87. The number of rotatable bonds is 2. The maximum atomic E-state index is 11.9. The smallest absolute Gasteiger partial charge is 0.169 e. The van der Waals surface area contributed by atoms with Gasteiger partial charge in [-0.15, -0.1) is 0 Å². The minimum Gasteiger partial charge on any atom is -0.367 e. The highest BCUT2D eigenvalue weighted by atomic mass is 16.5. The molecule has 1 aromatic rings. The quantitative estimate of drug-likeness (QED) is 0.736. The highest BCUT2D eigenvalue weighted by molar-refractivity contribution is 5.90. The molecule has 1 unspecified atom stereocenters. The highest BCUT2D eigenvalue weighted by Crippen LogP contribution is 2.27. The second-order valence-corrected chi connectivity index (χ2v) is 4.41. The van der Waals surface area contributed by atoms with Crippen LogP contribution in [0.25, 0.3) is 0 Å². The molecule has 3 nitrogen and oxygen atoms in total. The number of hydrogen-bond donors (Lipinski definition) is 0. The number of pyridine rings is 1. The van der Waals surface area contributed by atoms with E-state index in [2.05, 4.69) is 4.98 Å². The van der Waals surface area contributed by atoms with Crippen molar-refractivity contribution in [2.75, 3.05) is 6.61 Å². The van der Waals surface area contributed by atoms with Crippen molar-refractivity contribution in [1.29, 1.82) is 0 Å². The summed E-state index contributed by atoms with van der Waals surface area (Å²) in [5, 5.41) is 0. The second-order valence-electron chi connectivity index (χ2n) is 4.41. The van der Waals surface area contributed by atoms with Crippen LogP contribution in [-0.4, -0.2) is 23.0 Å². The van der Waals surface area contributed by atoms with Crippen LogP contribution in [0.1, 0.15) is 19.5 Å².